The lowest BCUT2D eigenvalue weighted by Gasteiger charge is -2.14. The molecule has 15 heavy (non-hydrogen) atoms. The van der Waals surface area contributed by atoms with Crippen molar-refractivity contribution in [3.63, 3.8) is 0 Å². The zero-order chi connectivity index (χ0) is 11.4. The molecule has 84 valence electrons. The van der Waals surface area contributed by atoms with Crippen LogP contribution in [0.2, 0.25) is 0 Å². The van der Waals surface area contributed by atoms with Crippen molar-refractivity contribution >= 4 is 0 Å². The highest BCUT2D eigenvalue weighted by Gasteiger charge is 2.10. The summed E-state index contributed by atoms with van der Waals surface area (Å²) in [6, 6.07) is 3.88. The Bertz CT molecular complexity index is 326. The van der Waals surface area contributed by atoms with Crippen LogP contribution in [0.25, 0.3) is 0 Å². The summed E-state index contributed by atoms with van der Waals surface area (Å²) in [5, 5.41) is 9.07. The zero-order valence-corrected chi connectivity index (χ0v) is 8.90. The van der Waals surface area contributed by atoms with Crippen molar-refractivity contribution < 1.29 is 14.2 Å². The molecule has 0 aromatic heterocycles. The second-order valence-electron chi connectivity index (χ2n) is 3.63. The zero-order valence-electron chi connectivity index (χ0n) is 8.90. The fourth-order valence-corrected chi connectivity index (χ4v) is 1.22. The van der Waals surface area contributed by atoms with Gasteiger partial charge in [0.15, 0.2) is 0 Å². The fourth-order valence-electron chi connectivity index (χ4n) is 1.22. The molecular weight excluding hydrogens is 197 g/mol. The van der Waals surface area contributed by atoms with Crippen molar-refractivity contribution in [2.45, 2.75) is 26.0 Å². The van der Waals surface area contributed by atoms with Crippen LogP contribution >= 0.6 is 0 Å². The molecule has 1 aromatic rings. The molecule has 0 radical (unpaired) electrons. The molecule has 1 rings (SSSR count). The first-order valence-electron chi connectivity index (χ1n) is 4.86. The molecule has 4 heteroatoms. The number of benzene rings is 1. The molecule has 0 saturated carbocycles. The van der Waals surface area contributed by atoms with Gasteiger partial charge in [-0.2, -0.15) is 0 Å². The predicted octanol–water partition coefficient (Wildman–Crippen LogP) is 1.60. The summed E-state index contributed by atoms with van der Waals surface area (Å²) in [7, 11) is 0. The van der Waals surface area contributed by atoms with Gasteiger partial charge in [0.2, 0.25) is 0 Å². The lowest BCUT2D eigenvalue weighted by atomic mass is 10.1. The largest absolute Gasteiger partial charge is 0.491 e. The monoisotopic (exact) mass is 213 g/mol. The summed E-state index contributed by atoms with van der Waals surface area (Å²) in [4.78, 5) is 0. The fraction of sp³-hybridized carbons (Fsp3) is 0.455. The molecule has 0 aliphatic heterocycles. The molecule has 3 nitrogen and oxygen atoms in total. The van der Waals surface area contributed by atoms with E-state index in [2.05, 4.69) is 0 Å². The first-order chi connectivity index (χ1) is 7.00. The smallest absolute Gasteiger partial charge is 0.124 e. The molecule has 0 spiro atoms. The molecule has 0 saturated heterocycles. The maximum atomic E-state index is 12.9. The number of hydrogen-bond donors (Lipinski definition) is 2. The average molecular weight is 213 g/mol. The minimum absolute atomic E-state index is 0.172. The van der Waals surface area contributed by atoms with Crippen LogP contribution < -0.4 is 10.5 Å². The minimum atomic E-state index is -0.559. The van der Waals surface area contributed by atoms with Gasteiger partial charge in [-0.15, -0.1) is 0 Å². The van der Waals surface area contributed by atoms with E-state index in [1.807, 2.05) is 0 Å². The highest BCUT2D eigenvalue weighted by molar-refractivity contribution is 5.36. The third-order valence-electron chi connectivity index (χ3n) is 1.94. The van der Waals surface area contributed by atoms with Crippen molar-refractivity contribution in [1.82, 2.24) is 0 Å². The van der Waals surface area contributed by atoms with Crippen LogP contribution in [0.15, 0.2) is 18.2 Å². The molecule has 1 aromatic carbocycles. The van der Waals surface area contributed by atoms with Crippen LogP contribution in [-0.4, -0.2) is 17.8 Å². The van der Waals surface area contributed by atoms with Gasteiger partial charge in [-0.3, -0.25) is 0 Å². The normalized spacial score (nSPS) is 14.7. The predicted molar refractivity (Wildman–Crippen MR) is 56.2 cm³/mol. The van der Waals surface area contributed by atoms with E-state index >= 15 is 0 Å². The van der Waals surface area contributed by atoms with Crippen molar-refractivity contribution in [2.75, 3.05) is 6.61 Å². The van der Waals surface area contributed by atoms with Crippen LogP contribution in [0, 0.1) is 5.82 Å². The van der Waals surface area contributed by atoms with Gasteiger partial charge in [-0.25, -0.2) is 4.39 Å². The molecule has 1 unspecified atom stereocenters. The summed E-state index contributed by atoms with van der Waals surface area (Å²) < 4.78 is 18.3. The van der Waals surface area contributed by atoms with Crippen LogP contribution in [0.5, 0.6) is 5.75 Å². The Morgan fingerprint density at radius 2 is 2.13 bits per heavy atom. The van der Waals surface area contributed by atoms with Crippen LogP contribution in [0.3, 0.4) is 0 Å². The molecule has 2 atom stereocenters. The summed E-state index contributed by atoms with van der Waals surface area (Å²) in [6.45, 7) is 3.55. The Kier molecular flexibility index (Phi) is 4.05. The van der Waals surface area contributed by atoms with Gasteiger partial charge in [0, 0.05) is 11.6 Å². The van der Waals surface area contributed by atoms with Crippen molar-refractivity contribution in [1.29, 1.82) is 0 Å². The van der Waals surface area contributed by atoms with E-state index in [1.54, 1.807) is 13.8 Å². The summed E-state index contributed by atoms with van der Waals surface area (Å²) >= 11 is 0. The van der Waals surface area contributed by atoms with Gasteiger partial charge in [0.1, 0.15) is 18.2 Å². The molecule has 0 heterocycles. The van der Waals surface area contributed by atoms with Crippen molar-refractivity contribution in [2.24, 2.45) is 5.73 Å². The number of rotatable bonds is 4. The molecular formula is C11H16FNO2. The number of hydrogen-bond acceptors (Lipinski definition) is 3. The van der Waals surface area contributed by atoms with Gasteiger partial charge in [-0.1, -0.05) is 0 Å². The van der Waals surface area contributed by atoms with E-state index in [-0.39, 0.29) is 18.5 Å². The van der Waals surface area contributed by atoms with Crippen LogP contribution in [0.1, 0.15) is 25.5 Å². The minimum Gasteiger partial charge on any atom is -0.491 e. The van der Waals surface area contributed by atoms with Crippen molar-refractivity contribution in [3.05, 3.63) is 29.6 Å². The van der Waals surface area contributed by atoms with E-state index in [1.165, 1.54) is 18.2 Å². The standard InChI is InChI=1S/C11H16FNO2/c1-7(14)6-15-11-4-3-9(12)5-10(11)8(2)13/h3-5,7-8,14H,6,13H2,1-2H3/t7?,8-/m1/s1. The van der Waals surface area contributed by atoms with E-state index < -0.39 is 6.10 Å². The van der Waals surface area contributed by atoms with E-state index in [4.69, 9.17) is 15.6 Å². The lowest BCUT2D eigenvalue weighted by molar-refractivity contribution is 0.122. The first-order valence-corrected chi connectivity index (χ1v) is 4.86. The Morgan fingerprint density at radius 1 is 1.47 bits per heavy atom. The molecule has 0 aliphatic rings. The number of aliphatic hydroxyl groups excluding tert-OH is 1. The molecule has 0 bridgehead atoms. The third kappa shape index (κ3) is 3.49. The molecule has 0 fully saturated rings. The van der Waals surface area contributed by atoms with E-state index in [0.717, 1.165) is 0 Å². The average Bonchev–Trinajstić information content (AvgIpc) is 2.15. The highest BCUT2D eigenvalue weighted by atomic mass is 19.1. The molecule has 0 amide bonds. The lowest BCUT2D eigenvalue weighted by Crippen LogP contribution is -2.15. The summed E-state index contributed by atoms with van der Waals surface area (Å²) in [5.41, 5.74) is 6.29. The topological polar surface area (TPSA) is 55.5 Å². The molecule has 0 aliphatic carbocycles. The van der Waals surface area contributed by atoms with E-state index in [0.29, 0.717) is 11.3 Å². The van der Waals surface area contributed by atoms with Crippen molar-refractivity contribution in [3.8, 4) is 5.75 Å². The number of nitrogens with two attached hydrogens (primary N) is 1. The molecule has 3 N–H and O–H groups in total. The number of aliphatic hydroxyl groups is 1. The van der Waals surface area contributed by atoms with Gasteiger partial charge >= 0.3 is 0 Å². The quantitative estimate of drug-likeness (QED) is 0.798. The second kappa shape index (κ2) is 5.09. The Balaban J connectivity index is 2.86. The summed E-state index contributed by atoms with van der Waals surface area (Å²) in [5.74, 6) is 0.180. The number of ether oxygens (including phenoxy) is 1. The van der Waals surface area contributed by atoms with Crippen LogP contribution in [0.4, 0.5) is 4.39 Å². The first kappa shape index (κ1) is 11.9. The maximum Gasteiger partial charge on any atom is 0.124 e. The van der Waals surface area contributed by atoms with Gasteiger partial charge in [-0.05, 0) is 32.0 Å². The van der Waals surface area contributed by atoms with Gasteiger partial charge < -0.3 is 15.6 Å². The van der Waals surface area contributed by atoms with Gasteiger partial charge in [0.05, 0.1) is 6.10 Å². The maximum absolute atomic E-state index is 12.9. The third-order valence-corrected chi connectivity index (χ3v) is 1.94. The van der Waals surface area contributed by atoms with Crippen LogP contribution in [-0.2, 0) is 0 Å². The van der Waals surface area contributed by atoms with E-state index in [9.17, 15) is 4.39 Å². The highest BCUT2D eigenvalue weighted by Crippen LogP contribution is 2.24. The Hall–Kier alpha value is -1.13. The summed E-state index contributed by atoms with van der Waals surface area (Å²) in [6.07, 6.45) is -0.559. The Morgan fingerprint density at radius 3 is 2.67 bits per heavy atom. The van der Waals surface area contributed by atoms with Gasteiger partial charge in [0.25, 0.3) is 0 Å². The SMILES string of the molecule is CC(O)COc1ccc(F)cc1[C@@H](C)N. The second-order valence-corrected chi connectivity index (χ2v) is 3.63. The number of halogens is 1. The Labute approximate surface area is 88.7 Å².